The largest absolute Gasteiger partial charge is 0.472 e. The highest BCUT2D eigenvalue weighted by Gasteiger charge is 2.30. The number of phosphoric ester groups is 2. The number of phosphoric acid groups is 2. The van der Waals surface area contributed by atoms with Crippen molar-refractivity contribution in [3.63, 3.8) is 0 Å². The molecule has 19 heteroatoms. The lowest BCUT2D eigenvalue weighted by molar-refractivity contribution is -0.161. The van der Waals surface area contributed by atoms with Crippen molar-refractivity contribution < 1.29 is 80.2 Å². The minimum absolute atomic E-state index is 0.106. The second-order valence-corrected chi connectivity index (χ2v) is 31.6. The summed E-state index contributed by atoms with van der Waals surface area (Å²) in [7, 11) is -9.91. The summed E-state index contributed by atoms with van der Waals surface area (Å²) < 4.78 is 68.5. The Bertz CT molecular complexity index is 1880. The van der Waals surface area contributed by atoms with Gasteiger partial charge in [0.15, 0.2) is 12.2 Å². The molecule has 0 aliphatic heterocycles. The molecule has 582 valence electrons. The first-order valence-corrected chi connectivity index (χ1v) is 44.2. The fourth-order valence-corrected chi connectivity index (χ4v) is 13.8. The van der Waals surface area contributed by atoms with Gasteiger partial charge < -0.3 is 33.8 Å². The molecular formula is C79H154O17P2. The van der Waals surface area contributed by atoms with Crippen LogP contribution >= 0.6 is 15.6 Å². The fraction of sp³-hybridized carbons (Fsp3) is 0.949. The third-order valence-corrected chi connectivity index (χ3v) is 20.8. The SMILES string of the molecule is CCCCCCCCCCCCCCCCCCCCCC(=O)O[C@H](COC(=O)CCCCCCCCCCCCCCCCCCCC)COP(=O)(O)OC[C@@H](O)COP(=O)(O)OC[C@@H](COC(=O)CCCCCCCCC)OC(=O)CCCCCCCCCCCCC(C)CC. The molecule has 0 saturated heterocycles. The van der Waals surface area contributed by atoms with Crippen molar-refractivity contribution in [3.8, 4) is 0 Å². The van der Waals surface area contributed by atoms with Crippen LogP contribution in [0.25, 0.3) is 0 Å². The Hall–Kier alpha value is -1.94. The summed E-state index contributed by atoms with van der Waals surface area (Å²) in [5.41, 5.74) is 0. The predicted molar refractivity (Wildman–Crippen MR) is 400 cm³/mol. The average molecular weight is 1440 g/mol. The van der Waals surface area contributed by atoms with Crippen LogP contribution in [-0.4, -0.2) is 96.7 Å². The minimum atomic E-state index is -4.96. The lowest BCUT2D eigenvalue weighted by atomic mass is 9.99. The highest BCUT2D eigenvalue weighted by atomic mass is 31.2. The summed E-state index contributed by atoms with van der Waals surface area (Å²) in [6, 6.07) is 0. The number of hydrogen-bond donors (Lipinski definition) is 3. The highest BCUT2D eigenvalue weighted by Crippen LogP contribution is 2.45. The number of aliphatic hydroxyl groups is 1. The molecule has 0 radical (unpaired) electrons. The van der Waals surface area contributed by atoms with Gasteiger partial charge in [0, 0.05) is 25.7 Å². The average Bonchev–Trinajstić information content (AvgIpc) is 1.26. The molecule has 0 rings (SSSR count). The van der Waals surface area contributed by atoms with Crippen LogP contribution in [0.15, 0.2) is 0 Å². The molecule has 0 aliphatic carbocycles. The summed E-state index contributed by atoms with van der Waals surface area (Å²) in [5, 5.41) is 10.6. The summed E-state index contributed by atoms with van der Waals surface area (Å²) in [4.78, 5) is 72.8. The van der Waals surface area contributed by atoms with E-state index in [1.807, 2.05) is 0 Å². The monoisotopic (exact) mass is 1440 g/mol. The van der Waals surface area contributed by atoms with Gasteiger partial charge in [-0.25, -0.2) is 9.13 Å². The highest BCUT2D eigenvalue weighted by molar-refractivity contribution is 7.47. The van der Waals surface area contributed by atoms with E-state index < -0.39 is 97.5 Å². The third-order valence-electron chi connectivity index (χ3n) is 18.9. The van der Waals surface area contributed by atoms with Gasteiger partial charge >= 0.3 is 39.5 Å². The van der Waals surface area contributed by atoms with Crippen molar-refractivity contribution in [2.24, 2.45) is 5.92 Å². The maximum atomic E-state index is 13.1. The molecule has 6 atom stereocenters. The molecule has 0 heterocycles. The van der Waals surface area contributed by atoms with E-state index in [2.05, 4.69) is 34.6 Å². The van der Waals surface area contributed by atoms with E-state index in [0.29, 0.717) is 25.7 Å². The molecule has 17 nitrogen and oxygen atoms in total. The molecule has 0 bridgehead atoms. The van der Waals surface area contributed by atoms with Crippen LogP contribution in [0.5, 0.6) is 0 Å². The number of unbranched alkanes of at least 4 members (excludes halogenated alkanes) is 50. The molecule has 3 N–H and O–H groups in total. The van der Waals surface area contributed by atoms with E-state index in [-0.39, 0.29) is 25.7 Å². The summed E-state index contributed by atoms with van der Waals surface area (Å²) >= 11 is 0. The van der Waals surface area contributed by atoms with Gasteiger partial charge in [-0.05, 0) is 31.6 Å². The van der Waals surface area contributed by atoms with E-state index >= 15 is 0 Å². The fourth-order valence-electron chi connectivity index (χ4n) is 12.2. The van der Waals surface area contributed by atoms with Crippen LogP contribution in [-0.2, 0) is 65.4 Å². The Balaban J connectivity index is 5.18. The Morgan fingerprint density at radius 3 is 0.724 bits per heavy atom. The lowest BCUT2D eigenvalue weighted by Crippen LogP contribution is -2.30. The Labute approximate surface area is 600 Å². The van der Waals surface area contributed by atoms with Gasteiger partial charge in [0.25, 0.3) is 0 Å². The topological polar surface area (TPSA) is 237 Å². The molecule has 0 spiro atoms. The smallest absolute Gasteiger partial charge is 0.462 e. The van der Waals surface area contributed by atoms with Gasteiger partial charge in [-0.2, -0.15) is 0 Å². The molecule has 0 fully saturated rings. The van der Waals surface area contributed by atoms with Crippen molar-refractivity contribution >= 4 is 39.5 Å². The molecule has 0 aromatic heterocycles. The van der Waals surface area contributed by atoms with Gasteiger partial charge in [0.1, 0.15) is 19.3 Å². The number of carbonyl (C=O) groups is 4. The van der Waals surface area contributed by atoms with Gasteiger partial charge in [-0.3, -0.25) is 37.3 Å². The zero-order valence-electron chi connectivity index (χ0n) is 63.9. The molecular weight excluding hydrogens is 1280 g/mol. The molecule has 0 aromatic rings. The maximum absolute atomic E-state index is 13.1. The van der Waals surface area contributed by atoms with Crippen LogP contribution in [0.3, 0.4) is 0 Å². The maximum Gasteiger partial charge on any atom is 0.472 e. The van der Waals surface area contributed by atoms with E-state index in [9.17, 15) is 43.2 Å². The van der Waals surface area contributed by atoms with Gasteiger partial charge in [0.2, 0.25) is 0 Å². The van der Waals surface area contributed by atoms with Gasteiger partial charge in [-0.15, -0.1) is 0 Å². The number of aliphatic hydroxyl groups excluding tert-OH is 1. The summed E-state index contributed by atoms with van der Waals surface area (Å²) in [5.74, 6) is -1.31. The first-order valence-electron chi connectivity index (χ1n) is 41.2. The molecule has 0 aromatic carbocycles. The van der Waals surface area contributed by atoms with E-state index in [1.54, 1.807) is 0 Å². The predicted octanol–water partition coefficient (Wildman–Crippen LogP) is 23.6. The lowest BCUT2D eigenvalue weighted by Gasteiger charge is -2.21. The Kier molecular flexibility index (Phi) is 70.6. The number of ether oxygens (including phenoxy) is 4. The van der Waals surface area contributed by atoms with Crippen molar-refractivity contribution in [1.29, 1.82) is 0 Å². The van der Waals surface area contributed by atoms with Crippen molar-refractivity contribution in [3.05, 3.63) is 0 Å². The normalized spacial score (nSPS) is 14.2. The molecule has 0 amide bonds. The number of rotatable bonds is 79. The molecule has 0 aliphatic rings. The van der Waals surface area contributed by atoms with Crippen LogP contribution in [0.4, 0.5) is 0 Å². The summed E-state index contributed by atoms with van der Waals surface area (Å²) in [6.45, 7) is 7.30. The minimum Gasteiger partial charge on any atom is -0.462 e. The van der Waals surface area contributed by atoms with Crippen molar-refractivity contribution in [2.45, 2.75) is 438 Å². The van der Waals surface area contributed by atoms with Crippen molar-refractivity contribution in [1.82, 2.24) is 0 Å². The Morgan fingerprint density at radius 2 is 0.490 bits per heavy atom. The number of esters is 4. The first kappa shape index (κ1) is 96.1. The van der Waals surface area contributed by atoms with E-state index in [4.69, 9.17) is 37.0 Å². The van der Waals surface area contributed by atoms with Gasteiger partial charge in [0.05, 0.1) is 26.4 Å². The second-order valence-electron chi connectivity index (χ2n) is 28.7. The molecule has 98 heavy (non-hydrogen) atoms. The quantitative estimate of drug-likeness (QED) is 0.0222. The zero-order chi connectivity index (χ0) is 71.9. The number of carbonyl (C=O) groups excluding carboxylic acids is 4. The van der Waals surface area contributed by atoms with Crippen molar-refractivity contribution in [2.75, 3.05) is 39.6 Å². The zero-order valence-corrected chi connectivity index (χ0v) is 65.7. The van der Waals surface area contributed by atoms with E-state index in [1.165, 1.54) is 231 Å². The first-order chi connectivity index (χ1) is 47.6. The molecule has 3 unspecified atom stereocenters. The van der Waals surface area contributed by atoms with Crippen LogP contribution in [0, 0.1) is 5.92 Å². The standard InChI is InChI=1S/C79H154O17P2/c1-6-10-13-16-19-21-23-25-27-29-31-33-35-37-39-44-49-54-59-64-78(83)96-75(69-90-77(82)63-58-53-48-43-38-36-34-32-30-28-26-24-22-20-17-14-11-7-2)71-94-98(87,88)92-67-73(80)66-91-97(85,86)93-70-74(68-89-76(81)62-57-52-46-18-15-12-8-3)95-79(84)65-60-55-50-45-41-40-42-47-51-56-61-72(5)9-4/h72-75,80H,6-71H2,1-5H3,(H,85,86)(H,87,88)/t72?,73-,74+,75+/m0/s1. The Morgan fingerprint density at radius 1 is 0.286 bits per heavy atom. The van der Waals surface area contributed by atoms with Crippen LogP contribution < -0.4 is 0 Å². The van der Waals surface area contributed by atoms with E-state index in [0.717, 1.165) is 109 Å². The number of hydrogen-bond acceptors (Lipinski definition) is 15. The molecule has 0 saturated carbocycles. The van der Waals surface area contributed by atoms with Crippen LogP contribution in [0.2, 0.25) is 0 Å². The van der Waals surface area contributed by atoms with Gasteiger partial charge in [-0.1, -0.05) is 369 Å². The van der Waals surface area contributed by atoms with Crippen LogP contribution in [0.1, 0.15) is 420 Å². The summed E-state index contributed by atoms with van der Waals surface area (Å²) in [6.07, 6.45) is 62.6. The second kappa shape index (κ2) is 72.0. The third kappa shape index (κ3) is 71.1.